The fourth-order valence-corrected chi connectivity index (χ4v) is 5.40. The first kappa shape index (κ1) is 27.5. The largest absolute Gasteiger partial charge is 0.475 e. The Balaban J connectivity index is 1.18. The van der Waals surface area contributed by atoms with Gasteiger partial charge in [-0.2, -0.15) is 18.4 Å². The summed E-state index contributed by atoms with van der Waals surface area (Å²) in [7, 11) is 0. The maximum absolute atomic E-state index is 13.7. The predicted molar refractivity (Wildman–Crippen MR) is 134 cm³/mol. The van der Waals surface area contributed by atoms with Crippen molar-refractivity contribution in [3.63, 3.8) is 0 Å². The van der Waals surface area contributed by atoms with Gasteiger partial charge in [0.15, 0.2) is 11.6 Å². The van der Waals surface area contributed by atoms with Gasteiger partial charge >= 0.3 is 6.18 Å². The molecule has 0 saturated carbocycles. The first-order valence-electron chi connectivity index (χ1n) is 12.9. The number of alkyl halides is 3. The standard InChI is InChI=1S/C25H28F3N9O3/c26-25(27,28)22-19(13-32-34-23(22)38)37-5-1-2-17(37)15-40-21-14-30-12-18(33-21)24(39)36-8-6-35(7-9-36)20-4-3-16(10-29)11-31-20/h3-4,11-12,14,17,19,22,32H,1-2,5-9,13,15H2,(H,34,38)/t17-,19?,22?/m0/s1. The number of ether oxygens (including phenoxy) is 1. The van der Waals surface area contributed by atoms with E-state index in [1.807, 2.05) is 11.0 Å². The van der Waals surface area contributed by atoms with E-state index >= 15 is 0 Å². The van der Waals surface area contributed by atoms with Crippen LogP contribution in [-0.2, 0) is 4.79 Å². The summed E-state index contributed by atoms with van der Waals surface area (Å²) in [5.41, 5.74) is 5.23. The number of pyridine rings is 1. The highest BCUT2D eigenvalue weighted by atomic mass is 19.4. The van der Waals surface area contributed by atoms with Crippen LogP contribution in [0.5, 0.6) is 5.88 Å². The van der Waals surface area contributed by atoms with Crippen LogP contribution in [-0.4, -0.2) is 101 Å². The number of nitriles is 1. The van der Waals surface area contributed by atoms with Crippen molar-refractivity contribution in [3.05, 3.63) is 42.0 Å². The van der Waals surface area contributed by atoms with Gasteiger partial charge in [-0.05, 0) is 31.5 Å². The molecule has 3 aliphatic rings. The van der Waals surface area contributed by atoms with E-state index in [4.69, 9.17) is 10.00 Å². The fourth-order valence-electron chi connectivity index (χ4n) is 5.40. The summed E-state index contributed by atoms with van der Waals surface area (Å²) in [6.07, 6.45) is 0.827. The number of carbonyl (C=O) groups is 2. The lowest BCUT2D eigenvalue weighted by atomic mass is 9.94. The van der Waals surface area contributed by atoms with Gasteiger partial charge in [0.25, 0.3) is 5.91 Å². The van der Waals surface area contributed by atoms with Crippen LogP contribution in [0.4, 0.5) is 19.0 Å². The van der Waals surface area contributed by atoms with Crippen LogP contribution in [0.15, 0.2) is 30.7 Å². The molecule has 3 saturated heterocycles. The second-order valence-corrected chi connectivity index (χ2v) is 9.84. The van der Waals surface area contributed by atoms with Gasteiger partial charge in [0.05, 0.1) is 18.0 Å². The maximum Gasteiger partial charge on any atom is 0.402 e. The van der Waals surface area contributed by atoms with Crippen LogP contribution in [0.2, 0.25) is 0 Å². The average Bonchev–Trinajstić information content (AvgIpc) is 3.44. The Kier molecular flexibility index (Phi) is 7.99. The van der Waals surface area contributed by atoms with E-state index in [9.17, 15) is 22.8 Å². The number of anilines is 1. The molecule has 3 fully saturated rings. The quantitative estimate of drug-likeness (QED) is 0.521. The number of piperazine rings is 1. The molecular weight excluding hydrogens is 531 g/mol. The second-order valence-electron chi connectivity index (χ2n) is 9.84. The van der Waals surface area contributed by atoms with E-state index in [1.54, 1.807) is 21.9 Å². The van der Waals surface area contributed by atoms with E-state index in [0.717, 1.165) is 5.82 Å². The molecule has 0 spiro atoms. The van der Waals surface area contributed by atoms with Gasteiger partial charge in [0.2, 0.25) is 11.8 Å². The van der Waals surface area contributed by atoms with Crippen LogP contribution in [0.1, 0.15) is 28.9 Å². The second kappa shape index (κ2) is 11.6. The molecule has 0 aromatic carbocycles. The first-order valence-corrected chi connectivity index (χ1v) is 12.9. The van der Waals surface area contributed by atoms with Gasteiger partial charge in [-0.3, -0.25) is 24.9 Å². The summed E-state index contributed by atoms with van der Waals surface area (Å²) in [5, 5.41) is 8.94. The molecule has 212 valence electrons. The number of hydrogen-bond acceptors (Lipinski definition) is 10. The van der Waals surface area contributed by atoms with Gasteiger partial charge in [-0.25, -0.2) is 15.4 Å². The third kappa shape index (κ3) is 5.92. The number of hydrazine groups is 1. The van der Waals surface area contributed by atoms with E-state index < -0.39 is 24.0 Å². The summed E-state index contributed by atoms with van der Waals surface area (Å²) in [5.74, 6) is -2.71. The monoisotopic (exact) mass is 559 g/mol. The Morgan fingerprint density at radius 3 is 2.65 bits per heavy atom. The highest BCUT2D eigenvalue weighted by Gasteiger charge is 2.54. The summed E-state index contributed by atoms with van der Waals surface area (Å²) >= 11 is 0. The molecule has 2 unspecified atom stereocenters. The van der Waals surface area contributed by atoms with Crippen LogP contribution in [0.3, 0.4) is 0 Å². The van der Waals surface area contributed by atoms with Crippen LogP contribution >= 0.6 is 0 Å². The van der Waals surface area contributed by atoms with Gasteiger partial charge in [-0.1, -0.05) is 0 Å². The average molecular weight is 560 g/mol. The molecule has 5 heterocycles. The number of nitrogens with one attached hydrogen (secondary N) is 2. The molecule has 2 N–H and O–H groups in total. The van der Waals surface area contributed by atoms with Crippen molar-refractivity contribution in [1.82, 2.24) is 35.6 Å². The molecule has 3 aliphatic heterocycles. The molecule has 2 aromatic rings. The molecule has 2 amide bonds. The van der Waals surface area contributed by atoms with Crippen LogP contribution in [0.25, 0.3) is 0 Å². The lowest BCUT2D eigenvalue weighted by Gasteiger charge is -2.40. The van der Waals surface area contributed by atoms with Crippen molar-refractivity contribution in [1.29, 1.82) is 5.26 Å². The minimum Gasteiger partial charge on any atom is -0.475 e. The smallest absolute Gasteiger partial charge is 0.402 e. The van der Waals surface area contributed by atoms with Gasteiger partial charge in [0, 0.05) is 51.0 Å². The minimum atomic E-state index is -4.67. The molecule has 0 radical (unpaired) electrons. The number of likely N-dealkylation sites (tertiary alicyclic amines) is 1. The van der Waals surface area contributed by atoms with Crippen LogP contribution in [0, 0.1) is 17.2 Å². The summed E-state index contributed by atoms with van der Waals surface area (Å²) in [6.45, 7) is 2.41. The summed E-state index contributed by atoms with van der Waals surface area (Å²) < 4.78 is 46.8. The number of hydrogen-bond donors (Lipinski definition) is 2. The van der Waals surface area contributed by atoms with Crippen molar-refractivity contribution in [2.45, 2.75) is 31.1 Å². The number of halogens is 3. The lowest BCUT2D eigenvalue weighted by Crippen LogP contribution is -2.65. The Morgan fingerprint density at radius 2 is 1.95 bits per heavy atom. The Morgan fingerprint density at radius 1 is 1.15 bits per heavy atom. The van der Waals surface area contributed by atoms with E-state index in [1.165, 1.54) is 18.6 Å². The predicted octanol–water partition coefficient (Wildman–Crippen LogP) is 0.730. The minimum absolute atomic E-state index is 0.0370. The van der Waals surface area contributed by atoms with E-state index in [2.05, 4.69) is 25.8 Å². The normalized spacial score (nSPS) is 23.9. The zero-order valence-electron chi connectivity index (χ0n) is 21.5. The SMILES string of the molecule is N#Cc1ccc(N2CCN(C(=O)c3cncc(OC[C@@H]4CCCN4C4CNNC(=O)C4C(F)(F)F)n3)CC2)nc1. The number of amides is 2. The molecule has 3 atom stereocenters. The van der Waals surface area contributed by atoms with Crippen LogP contribution < -0.4 is 20.5 Å². The van der Waals surface area contributed by atoms with Crippen molar-refractivity contribution < 1.29 is 27.5 Å². The number of aromatic nitrogens is 3. The molecule has 0 bridgehead atoms. The summed E-state index contributed by atoms with van der Waals surface area (Å²) in [4.78, 5) is 43.2. The van der Waals surface area contributed by atoms with Gasteiger partial charge in [0.1, 0.15) is 18.5 Å². The number of nitrogens with zero attached hydrogens (tertiary/aromatic N) is 7. The molecule has 15 heteroatoms. The Bertz CT molecular complexity index is 1260. The molecule has 5 rings (SSSR count). The van der Waals surface area contributed by atoms with Gasteiger partial charge in [-0.15, -0.1) is 0 Å². The van der Waals surface area contributed by atoms with Crippen molar-refractivity contribution in [2.24, 2.45) is 5.92 Å². The summed E-state index contributed by atoms with van der Waals surface area (Å²) in [6, 6.07) is 4.10. The lowest BCUT2D eigenvalue weighted by molar-refractivity contribution is -0.201. The zero-order valence-corrected chi connectivity index (χ0v) is 21.5. The highest BCUT2D eigenvalue weighted by molar-refractivity contribution is 5.92. The van der Waals surface area contributed by atoms with Gasteiger partial charge < -0.3 is 14.5 Å². The molecule has 0 aliphatic carbocycles. The number of carbonyl (C=O) groups excluding carboxylic acids is 2. The van der Waals surface area contributed by atoms with E-state index in [0.29, 0.717) is 51.1 Å². The topological polar surface area (TPSA) is 140 Å². The third-order valence-electron chi connectivity index (χ3n) is 7.41. The molecule has 40 heavy (non-hydrogen) atoms. The van der Waals surface area contributed by atoms with Crippen molar-refractivity contribution >= 4 is 17.6 Å². The fraction of sp³-hybridized carbons (Fsp3) is 0.520. The van der Waals surface area contributed by atoms with Crippen molar-refractivity contribution in [2.75, 3.05) is 50.8 Å². The number of rotatable bonds is 6. The highest BCUT2D eigenvalue weighted by Crippen LogP contribution is 2.35. The Hall–Kier alpha value is -4.03. The first-order chi connectivity index (χ1) is 19.2. The van der Waals surface area contributed by atoms with Crippen molar-refractivity contribution in [3.8, 4) is 11.9 Å². The third-order valence-corrected chi connectivity index (χ3v) is 7.41. The zero-order chi connectivity index (χ0) is 28.3. The Labute approximate surface area is 228 Å². The molecule has 12 nitrogen and oxygen atoms in total. The van der Waals surface area contributed by atoms with E-state index in [-0.39, 0.29) is 36.7 Å². The molecule has 2 aromatic heterocycles. The maximum atomic E-state index is 13.7. The molecular formula is C25H28F3N9O3.